The molecule has 0 aliphatic rings. The first-order chi connectivity index (χ1) is 7.69. The van der Waals surface area contributed by atoms with Crippen molar-refractivity contribution < 1.29 is 13.9 Å². The minimum absolute atomic E-state index is 0.255. The summed E-state index contributed by atoms with van der Waals surface area (Å²) < 4.78 is 18.0. The minimum Gasteiger partial charge on any atom is -0.464 e. The van der Waals surface area contributed by atoms with Crippen LogP contribution in [0, 0.1) is 0 Å². The van der Waals surface area contributed by atoms with Crippen LogP contribution in [0.4, 0.5) is 10.1 Å². The number of nitrogens with one attached hydrogen (secondary N) is 1. The van der Waals surface area contributed by atoms with E-state index >= 15 is 0 Å². The van der Waals surface area contributed by atoms with Crippen LogP contribution in [0.2, 0.25) is 0 Å². The number of aryl methyl sites for hydroxylation is 1. The molecule has 0 atom stereocenters. The van der Waals surface area contributed by atoms with Crippen LogP contribution in [0.15, 0.2) is 6.20 Å². The predicted molar refractivity (Wildman–Crippen MR) is 58.2 cm³/mol. The van der Waals surface area contributed by atoms with Gasteiger partial charge in [0.05, 0.1) is 19.5 Å². The molecular formula is C10H16FN3O2. The van der Waals surface area contributed by atoms with Gasteiger partial charge in [-0.1, -0.05) is 0 Å². The number of carbonyl (C=O) groups is 1. The lowest BCUT2D eigenvalue weighted by atomic mass is 10.3. The number of methoxy groups -OCH3 is 1. The summed E-state index contributed by atoms with van der Waals surface area (Å²) in [6.07, 6.45) is 2.93. The fraction of sp³-hybridized carbons (Fsp3) is 0.600. The third kappa shape index (κ3) is 3.22. The fourth-order valence-electron chi connectivity index (χ4n) is 1.31. The number of rotatable bonds is 6. The molecule has 1 rings (SSSR count). The molecule has 6 heteroatoms. The van der Waals surface area contributed by atoms with Gasteiger partial charge >= 0.3 is 5.97 Å². The average molecular weight is 229 g/mol. The molecule has 0 saturated carbocycles. The molecule has 16 heavy (non-hydrogen) atoms. The zero-order chi connectivity index (χ0) is 12.0. The molecule has 1 aromatic heterocycles. The second kappa shape index (κ2) is 6.09. The first-order valence-electron chi connectivity index (χ1n) is 5.11. The third-order valence-corrected chi connectivity index (χ3v) is 2.08. The van der Waals surface area contributed by atoms with Crippen LogP contribution in [0.1, 0.15) is 23.3 Å². The lowest BCUT2D eigenvalue weighted by Gasteiger charge is -2.03. The normalized spacial score (nSPS) is 10.2. The molecule has 0 radical (unpaired) electrons. The number of halogens is 1. The Balaban J connectivity index is 2.60. The van der Waals surface area contributed by atoms with Crippen LogP contribution < -0.4 is 5.32 Å². The number of esters is 1. The highest BCUT2D eigenvalue weighted by molar-refractivity contribution is 5.93. The molecule has 1 heterocycles. The lowest BCUT2D eigenvalue weighted by Crippen LogP contribution is -2.08. The monoisotopic (exact) mass is 229 g/mol. The molecule has 0 bridgehead atoms. The van der Waals surface area contributed by atoms with Gasteiger partial charge < -0.3 is 10.1 Å². The van der Waals surface area contributed by atoms with Gasteiger partial charge in [-0.15, -0.1) is 0 Å². The smallest absolute Gasteiger partial charge is 0.360 e. The summed E-state index contributed by atoms with van der Waals surface area (Å²) in [7, 11) is 3.03. The Morgan fingerprint density at radius 1 is 1.62 bits per heavy atom. The van der Waals surface area contributed by atoms with Crippen LogP contribution in [-0.2, 0) is 11.8 Å². The molecule has 0 amide bonds. The Bertz CT molecular complexity index is 352. The van der Waals surface area contributed by atoms with Gasteiger partial charge in [0.2, 0.25) is 0 Å². The van der Waals surface area contributed by atoms with Gasteiger partial charge in [0.15, 0.2) is 5.69 Å². The Morgan fingerprint density at radius 3 is 3.00 bits per heavy atom. The highest BCUT2D eigenvalue weighted by atomic mass is 19.1. The Morgan fingerprint density at radius 2 is 2.38 bits per heavy atom. The number of ether oxygens (including phenoxy) is 1. The summed E-state index contributed by atoms with van der Waals surface area (Å²) in [5.74, 6) is -0.478. The quantitative estimate of drug-likeness (QED) is 0.591. The van der Waals surface area contributed by atoms with Crippen molar-refractivity contribution in [2.24, 2.45) is 7.05 Å². The van der Waals surface area contributed by atoms with Gasteiger partial charge in [-0.25, -0.2) is 4.79 Å². The Kier molecular flexibility index (Phi) is 4.75. The third-order valence-electron chi connectivity index (χ3n) is 2.08. The SMILES string of the molecule is COC(=O)c1nn(C)cc1NCCCCF. The van der Waals surface area contributed by atoms with Crippen LogP contribution in [0.25, 0.3) is 0 Å². The molecule has 1 N–H and O–H groups in total. The van der Waals surface area contributed by atoms with E-state index in [-0.39, 0.29) is 12.4 Å². The molecule has 0 aliphatic carbocycles. The Labute approximate surface area is 93.6 Å². The zero-order valence-corrected chi connectivity index (χ0v) is 9.49. The highest BCUT2D eigenvalue weighted by Gasteiger charge is 2.15. The van der Waals surface area contributed by atoms with Gasteiger partial charge in [-0.3, -0.25) is 9.07 Å². The van der Waals surface area contributed by atoms with E-state index in [0.717, 1.165) is 0 Å². The lowest BCUT2D eigenvalue weighted by molar-refractivity contribution is 0.0594. The fourth-order valence-corrected chi connectivity index (χ4v) is 1.31. The van der Waals surface area contributed by atoms with Crippen LogP contribution in [-0.4, -0.2) is 36.1 Å². The van der Waals surface area contributed by atoms with E-state index in [1.54, 1.807) is 13.2 Å². The maximum absolute atomic E-state index is 11.9. The van der Waals surface area contributed by atoms with Gasteiger partial charge in [-0.05, 0) is 12.8 Å². The molecule has 0 fully saturated rings. The maximum atomic E-state index is 11.9. The second-order valence-electron chi connectivity index (χ2n) is 3.38. The number of anilines is 1. The number of hydrogen-bond donors (Lipinski definition) is 1. The number of hydrogen-bond acceptors (Lipinski definition) is 4. The van der Waals surface area contributed by atoms with Crippen LogP contribution in [0.5, 0.6) is 0 Å². The first kappa shape index (κ1) is 12.5. The summed E-state index contributed by atoms with van der Waals surface area (Å²) in [4.78, 5) is 11.3. The minimum atomic E-state index is -0.478. The zero-order valence-electron chi connectivity index (χ0n) is 9.49. The molecule has 5 nitrogen and oxygen atoms in total. The average Bonchev–Trinajstić information content (AvgIpc) is 2.65. The number of alkyl halides is 1. The number of unbranched alkanes of at least 4 members (excludes halogenated alkanes) is 1. The molecule has 90 valence electrons. The van der Waals surface area contributed by atoms with E-state index in [2.05, 4.69) is 15.2 Å². The van der Waals surface area contributed by atoms with E-state index in [9.17, 15) is 9.18 Å². The van der Waals surface area contributed by atoms with E-state index in [1.807, 2.05) is 0 Å². The summed E-state index contributed by atoms with van der Waals surface area (Å²) in [5, 5.41) is 7.02. The Hall–Kier alpha value is -1.59. The summed E-state index contributed by atoms with van der Waals surface area (Å²) >= 11 is 0. The predicted octanol–water partition coefficient (Wildman–Crippen LogP) is 1.37. The molecule has 0 unspecified atom stereocenters. The van der Waals surface area contributed by atoms with Crippen molar-refractivity contribution >= 4 is 11.7 Å². The molecule has 0 aliphatic heterocycles. The summed E-state index contributed by atoms with van der Waals surface area (Å²) in [5.41, 5.74) is 0.874. The highest BCUT2D eigenvalue weighted by Crippen LogP contribution is 2.14. The molecule has 0 saturated heterocycles. The van der Waals surface area contributed by atoms with Crippen molar-refractivity contribution in [1.29, 1.82) is 0 Å². The topological polar surface area (TPSA) is 56.1 Å². The van der Waals surface area contributed by atoms with E-state index in [4.69, 9.17) is 0 Å². The van der Waals surface area contributed by atoms with Crippen molar-refractivity contribution in [2.75, 3.05) is 25.6 Å². The standard InChI is InChI=1S/C10H16FN3O2/c1-14-7-8(12-6-4-3-5-11)9(13-14)10(15)16-2/h7,12H,3-6H2,1-2H3. The summed E-state index contributed by atoms with van der Waals surface area (Å²) in [6.45, 7) is 0.290. The van der Waals surface area contributed by atoms with Gasteiger partial charge in [0.25, 0.3) is 0 Å². The van der Waals surface area contributed by atoms with Crippen molar-refractivity contribution in [2.45, 2.75) is 12.8 Å². The van der Waals surface area contributed by atoms with Crippen molar-refractivity contribution in [1.82, 2.24) is 9.78 Å². The van der Waals surface area contributed by atoms with Crippen LogP contribution >= 0.6 is 0 Å². The first-order valence-corrected chi connectivity index (χ1v) is 5.11. The molecule has 1 aromatic rings. The van der Waals surface area contributed by atoms with Gasteiger partial charge in [0, 0.05) is 19.8 Å². The van der Waals surface area contributed by atoms with E-state index in [1.165, 1.54) is 11.8 Å². The van der Waals surface area contributed by atoms with Gasteiger partial charge in [-0.2, -0.15) is 5.10 Å². The number of carbonyl (C=O) groups excluding carboxylic acids is 1. The van der Waals surface area contributed by atoms with Crippen molar-refractivity contribution in [3.05, 3.63) is 11.9 Å². The van der Waals surface area contributed by atoms with Crippen LogP contribution in [0.3, 0.4) is 0 Å². The molecule has 0 spiro atoms. The van der Waals surface area contributed by atoms with E-state index in [0.29, 0.717) is 25.1 Å². The summed E-state index contributed by atoms with van der Waals surface area (Å²) in [6, 6.07) is 0. The van der Waals surface area contributed by atoms with Crippen molar-refractivity contribution in [3.8, 4) is 0 Å². The molecular weight excluding hydrogens is 213 g/mol. The molecule has 0 aromatic carbocycles. The maximum Gasteiger partial charge on any atom is 0.360 e. The van der Waals surface area contributed by atoms with Gasteiger partial charge in [0.1, 0.15) is 0 Å². The van der Waals surface area contributed by atoms with E-state index < -0.39 is 5.97 Å². The number of nitrogens with zero attached hydrogens (tertiary/aromatic N) is 2. The number of aromatic nitrogens is 2. The van der Waals surface area contributed by atoms with Crippen molar-refractivity contribution in [3.63, 3.8) is 0 Å². The largest absolute Gasteiger partial charge is 0.464 e. The second-order valence-corrected chi connectivity index (χ2v) is 3.38.